The summed E-state index contributed by atoms with van der Waals surface area (Å²) in [6.45, 7) is 0.679. The van der Waals surface area contributed by atoms with E-state index in [1.165, 1.54) is 19.2 Å². The Kier molecular flexibility index (Phi) is 4.17. The van der Waals surface area contributed by atoms with Crippen LogP contribution in [0.1, 0.15) is 25.7 Å². The topological polar surface area (TPSA) is 83.8 Å². The highest BCUT2D eigenvalue weighted by Gasteiger charge is 2.24. The molecule has 1 aromatic rings. The molecular weight excluding hydrogens is 284 g/mol. The van der Waals surface area contributed by atoms with Gasteiger partial charge in [-0.15, -0.1) is 0 Å². The van der Waals surface area contributed by atoms with Crippen molar-refractivity contribution in [1.82, 2.24) is 9.97 Å². The lowest BCUT2D eigenvalue weighted by molar-refractivity contribution is 0.332. The highest BCUT2D eigenvalue weighted by molar-refractivity contribution is 9.10. The Bertz CT molecular complexity index is 434. The van der Waals surface area contributed by atoms with Gasteiger partial charge in [0, 0.05) is 6.04 Å². The number of nitrogens with zero attached hydrogens (tertiary/aromatic N) is 1. The van der Waals surface area contributed by atoms with Crippen LogP contribution in [-0.4, -0.2) is 22.6 Å². The third kappa shape index (κ3) is 2.87. The first-order valence-electron chi connectivity index (χ1n) is 5.92. The van der Waals surface area contributed by atoms with E-state index in [9.17, 15) is 4.79 Å². The molecule has 94 valence electrons. The van der Waals surface area contributed by atoms with E-state index in [1.807, 2.05) is 0 Å². The molecule has 1 aliphatic carbocycles. The molecule has 2 atom stereocenters. The van der Waals surface area contributed by atoms with Crippen LogP contribution in [0.2, 0.25) is 0 Å². The van der Waals surface area contributed by atoms with Crippen molar-refractivity contribution < 1.29 is 0 Å². The second kappa shape index (κ2) is 5.64. The molecule has 1 heterocycles. The maximum absolute atomic E-state index is 11.4. The van der Waals surface area contributed by atoms with Gasteiger partial charge in [-0.05, 0) is 41.2 Å². The smallest absolute Gasteiger partial charge is 0.267 e. The molecule has 5 nitrogen and oxygen atoms in total. The molecule has 0 saturated heterocycles. The van der Waals surface area contributed by atoms with Crippen LogP contribution >= 0.6 is 15.9 Å². The van der Waals surface area contributed by atoms with Gasteiger partial charge < -0.3 is 16.0 Å². The van der Waals surface area contributed by atoms with Crippen molar-refractivity contribution in [3.8, 4) is 0 Å². The summed E-state index contributed by atoms with van der Waals surface area (Å²) in [5, 5.41) is 3.33. The summed E-state index contributed by atoms with van der Waals surface area (Å²) in [5.74, 6) is 1.08. The van der Waals surface area contributed by atoms with E-state index in [1.54, 1.807) is 0 Å². The first-order valence-corrected chi connectivity index (χ1v) is 6.71. The minimum Gasteiger partial charge on any atom is -0.366 e. The lowest BCUT2D eigenvalue weighted by atomic mass is 9.84. The molecule has 2 unspecified atom stereocenters. The van der Waals surface area contributed by atoms with Crippen LogP contribution in [0.5, 0.6) is 0 Å². The zero-order valence-corrected chi connectivity index (χ0v) is 11.2. The fraction of sp³-hybridized carbons (Fsp3) is 0.636. The number of nitrogens with two attached hydrogens (primary N) is 1. The lowest BCUT2D eigenvalue weighted by Gasteiger charge is -2.31. The van der Waals surface area contributed by atoms with E-state index in [2.05, 4.69) is 31.2 Å². The summed E-state index contributed by atoms with van der Waals surface area (Å²) in [6.07, 6.45) is 6.09. The predicted octanol–water partition coefficient (Wildman–Crippen LogP) is 1.46. The average Bonchev–Trinajstić information content (AvgIpc) is 2.35. The quantitative estimate of drug-likeness (QED) is 0.789. The van der Waals surface area contributed by atoms with Crippen molar-refractivity contribution in [3.05, 3.63) is 21.2 Å². The Labute approximate surface area is 108 Å². The standard InChI is InChI=1S/C11H17BrN4O/c12-9-10(14-6-15-11(9)17)16-8-4-2-1-3-7(8)5-13/h6-8H,1-5,13H2,(H2,14,15,16,17). The molecule has 0 amide bonds. The summed E-state index contributed by atoms with van der Waals surface area (Å²) in [6, 6.07) is 0.319. The van der Waals surface area contributed by atoms with Crippen molar-refractivity contribution in [1.29, 1.82) is 0 Å². The van der Waals surface area contributed by atoms with Crippen LogP contribution in [0.25, 0.3) is 0 Å². The molecule has 0 aromatic carbocycles. The van der Waals surface area contributed by atoms with Crippen LogP contribution < -0.4 is 16.6 Å². The van der Waals surface area contributed by atoms with Gasteiger partial charge in [0.25, 0.3) is 5.56 Å². The van der Waals surface area contributed by atoms with Gasteiger partial charge in [-0.2, -0.15) is 0 Å². The molecule has 0 bridgehead atoms. The highest BCUT2D eigenvalue weighted by Crippen LogP contribution is 2.27. The third-order valence-electron chi connectivity index (χ3n) is 3.33. The average molecular weight is 301 g/mol. The second-order valence-corrected chi connectivity index (χ2v) is 5.22. The molecule has 1 aliphatic rings. The number of aromatic nitrogens is 2. The van der Waals surface area contributed by atoms with Gasteiger partial charge in [0.2, 0.25) is 0 Å². The monoisotopic (exact) mass is 300 g/mol. The Morgan fingerprint density at radius 3 is 3.06 bits per heavy atom. The predicted molar refractivity (Wildman–Crippen MR) is 71.0 cm³/mol. The van der Waals surface area contributed by atoms with E-state index in [4.69, 9.17) is 5.73 Å². The zero-order chi connectivity index (χ0) is 12.3. The minimum atomic E-state index is -0.164. The molecule has 0 radical (unpaired) electrons. The maximum atomic E-state index is 11.4. The Morgan fingerprint density at radius 2 is 2.29 bits per heavy atom. The number of hydrogen-bond donors (Lipinski definition) is 3. The van der Waals surface area contributed by atoms with Crippen molar-refractivity contribution in [2.24, 2.45) is 11.7 Å². The van der Waals surface area contributed by atoms with Gasteiger partial charge >= 0.3 is 0 Å². The number of halogens is 1. The lowest BCUT2D eigenvalue weighted by Crippen LogP contribution is -2.37. The molecule has 1 aromatic heterocycles. The molecule has 1 saturated carbocycles. The maximum Gasteiger partial charge on any atom is 0.267 e. The fourth-order valence-corrected chi connectivity index (χ4v) is 2.67. The van der Waals surface area contributed by atoms with E-state index in [-0.39, 0.29) is 5.56 Å². The van der Waals surface area contributed by atoms with Gasteiger partial charge in [0.1, 0.15) is 10.3 Å². The molecule has 17 heavy (non-hydrogen) atoms. The Hall–Kier alpha value is -0.880. The Morgan fingerprint density at radius 1 is 1.53 bits per heavy atom. The first kappa shape index (κ1) is 12.6. The van der Waals surface area contributed by atoms with Crippen molar-refractivity contribution >= 4 is 21.7 Å². The second-order valence-electron chi connectivity index (χ2n) is 4.43. The summed E-state index contributed by atoms with van der Waals surface area (Å²) in [5.41, 5.74) is 5.61. The minimum absolute atomic E-state index is 0.164. The van der Waals surface area contributed by atoms with Crippen molar-refractivity contribution in [2.45, 2.75) is 31.7 Å². The molecule has 0 spiro atoms. The van der Waals surface area contributed by atoms with Crippen LogP contribution in [0.4, 0.5) is 5.82 Å². The molecule has 2 rings (SSSR count). The van der Waals surface area contributed by atoms with Gasteiger partial charge in [-0.3, -0.25) is 4.79 Å². The zero-order valence-electron chi connectivity index (χ0n) is 9.58. The van der Waals surface area contributed by atoms with Gasteiger partial charge in [-0.1, -0.05) is 12.8 Å². The Balaban J connectivity index is 2.13. The van der Waals surface area contributed by atoms with Gasteiger partial charge in [0.15, 0.2) is 0 Å². The molecular formula is C11H17BrN4O. The fourth-order valence-electron chi connectivity index (χ4n) is 2.34. The van der Waals surface area contributed by atoms with E-state index in [0.29, 0.717) is 28.8 Å². The number of rotatable bonds is 3. The van der Waals surface area contributed by atoms with Crippen LogP contribution in [0, 0.1) is 5.92 Å². The van der Waals surface area contributed by atoms with E-state index in [0.717, 1.165) is 12.8 Å². The SMILES string of the molecule is NCC1CCCCC1Nc1nc[nH]c(=O)c1Br. The van der Waals surface area contributed by atoms with Crippen LogP contribution in [-0.2, 0) is 0 Å². The van der Waals surface area contributed by atoms with Crippen molar-refractivity contribution in [3.63, 3.8) is 0 Å². The number of anilines is 1. The first-order chi connectivity index (χ1) is 8.22. The summed E-state index contributed by atoms with van der Waals surface area (Å²) < 4.78 is 0.460. The number of aromatic amines is 1. The van der Waals surface area contributed by atoms with Crippen LogP contribution in [0.3, 0.4) is 0 Å². The van der Waals surface area contributed by atoms with Gasteiger partial charge in [0.05, 0.1) is 6.33 Å². The van der Waals surface area contributed by atoms with Crippen LogP contribution in [0.15, 0.2) is 15.6 Å². The van der Waals surface area contributed by atoms with E-state index >= 15 is 0 Å². The molecule has 0 aliphatic heterocycles. The molecule has 1 fully saturated rings. The third-order valence-corrected chi connectivity index (χ3v) is 4.07. The number of H-pyrrole nitrogens is 1. The summed E-state index contributed by atoms with van der Waals surface area (Å²) in [4.78, 5) is 18.1. The molecule has 4 N–H and O–H groups in total. The van der Waals surface area contributed by atoms with E-state index < -0.39 is 0 Å². The number of nitrogens with one attached hydrogen (secondary N) is 2. The summed E-state index contributed by atoms with van der Waals surface area (Å²) >= 11 is 3.25. The van der Waals surface area contributed by atoms with Crippen molar-refractivity contribution in [2.75, 3.05) is 11.9 Å². The van der Waals surface area contributed by atoms with Gasteiger partial charge in [-0.25, -0.2) is 4.98 Å². The highest BCUT2D eigenvalue weighted by atomic mass is 79.9. The molecule has 6 heteroatoms. The number of hydrogen-bond acceptors (Lipinski definition) is 4. The summed E-state index contributed by atoms with van der Waals surface area (Å²) in [7, 11) is 0. The largest absolute Gasteiger partial charge is 0.366 e. The normalized spacial score (nSPS) is 24.6.